The number of aryl methyl sites for hydroxylation is 1. The third-order valence-electron chi connectivity index (χ3n) is 5.40. The maximum Gasteiger partial charge on any atom is 0.136 e. The van der Waals surface area contributed by atoms with E-state index in [4.69, 9.17) is 4.74 Å². The molecule has 2 saturated heterocycles. The molecule has 0 saturated carbocycles. The highest BCUT2D eigenvalue weighted by Gasteiger charge is 2.35. The molecule has 2 nitrogen and oxygen atoms in total. The van der Waals surface area contributed by atoms with Crippen LogP contribution in [0.15, 0.2) is 18.2 Å². The number of rotatable bonds is 4. The van der Waals surface area contributed by atoms with Crippen LogP contribution in [0.4, 0.5) is 0 Å². The van der Waals surface area contributed by atoms with Gasteiger partial charge in [-0.2, -0.15) is 11.8 Å². The zero-order valence-corrected chi connectivity index (χ0v) is 13.9. The highest BCUT2D eigenvalue weighted by atomic mass is 32.2. The molecule has 118 valence electrons. The van der Waals surface area contributed by atoms with Crippen molar-refractivity contribution in [3.8, 4) is 5.75 Å². The second-order valence-electron chi connectivity index (χ2n) is 6.99. The maximum atomic E-state index is 12.6. The molecule has 3 aliphatic rings. The molecule has 2 bridgehead atoms. The third-order valence-corrected chi connectivity index (χ3v) is 7.03. The van der Waals surface area contributed by atoms with Crippen molar-refractivity contribution in [2.45, 2.75) is 61.9 Å². The van der Waals surface area contributed by atoms with Crippen molar-refractivity contribution in [2.24, 2.45) is 5.92 Å². The van der Waals surface area contributed by atoms with Gasteiger partial charge < -0.3 is 4.74 Å². The van der Waals surface area contributed by atoms with Crippen molar-refractivity contribution < 1.29 is 9.53 Å². The summed E-state index contributed by atoms with van der Waals surface area (Å²) >= 11 is 2.16. The summed E-state index contributed by atoms with van der Waals surface area (Å²) in [5, 5.41) is 1.53. The summed E-state index contributed by atoms with van der Waals surface area (Å²) in [5.74, 6) is 1.88. The first-order chi connectivity index (χ1) is 10.8. The molecule has 3 heterocycles. The largest absolute Gasteiger partial charge is 0.493 e. The van der Waals surface area contributed by atoms with Crippen molar-refractivity contribution in [3.05, 3.63) is 29.3 Å². The molecule has 0 N–H and O–H groups in total. The van der Waals surface area contributed by atoms with E-state index in [9.17, 15) is 4.79 Å². The number of ether oxygens (including phenoxy) is 1. The Labute approximate surface area is 137 Å². The third kappa shape index (κ3) is 3.05. The SMILES string of the molecule is O=C(CCc1ccc2c(c1)CCO2)C1CC2CCCC(C1)S2. The number of carbonyl (C=O) groups is 1. The second-order valence-corrected chi connectivity index (χ2v) is 8.59. The minimum atomic E-state index is 0.342. The Morgan fingerprint density at radius 3 is 2.86 bits per heavy atom. The fraction of sp³-hybridized carbons (Fsp3) is 0.632. The first-order valence-electron chi connectivity index (χ1n) is 8.71. The fourth-order valence-electron chi connectivity index (χ4n) is 4.19. The first-order valence-corrected chi connectivity index (χ1v) is 9.65. The lowest BCUT2D eigenvalue weighted by Crippen LogP contribution is -2.33. The van der Waals surface area contributed by atoms with Crippen LogP contribution in [-0.4, -0.2) is 22.9 Å². The summed E-state index contributed by atoms with van der Waals surface area (Å²) in [6, 6.07) is 6.44. The van der Waals surface area contributed by atoms with Crippen LogP contribution in [-0.2, 0) is 17.6 Å². The summed E-state index contributed by atoms with van der Waals surface area (Å²) in [7, 11) is 0. The van der Waals surface area contributed by atoms with E-state index in [0.29, 0.717) is 18.1 Å². The van der Waals surface area contributed by atoms with Gasteiger partial charge in [0.15, 0.2) is 0 Å². The molecule has 22 heavy (non-hydrogen) atoms. The highest BCUT2D eigenvalue weighted by Crippen LogP contribution is 2.44. The summed E-state index contributed by atoms with van der Waals surface area (Å²) in [5.41, 5.74) is 2.61. The van der Waals surface area contributed by atoms with Gasteiger partial charge in [0.1, 0.15) is 11.5 Å². The normalized spacial score (nSPS) is 29.7. The lowest BCUT2D eigenvalue weighted by Gasteiger charge is -2.38. The van der Waals surface area contributed by atoms with Gasteiger partial charge in [-0.1, -0.05) is 18.6 Å². The standard InChI is InChI=1S/C19H24O2S/c20-18(15-11-16-2-1-3-17(12-15)22-16)6-4-13-5-7-19-14(10-13)8-9-21-19/h5,7,10,15-17H,1-4,6,8-9,11-12H2. The maximum absolute atomic E-state index is 12.6. The minimum absolute atomic E-state index is 0.342. The zero-order valence-electron chi connectivity index (χ0n) is 13.1. The van der Waals surface area contributed by atoms with Crippen molar-refractivity contribution >= 4 is 17.5 Å². The molecule has 0 aliphatic carbocycles. The van der Waals surface area contributed by atoms with E-state index in [1.54, 1.807) is 0 Å². The molecule has 1 aromatic carbocycles. The molecule has 0 aromatic heterocycles. The van der Waals surface area contributed by atoms with Crippen LogP contribution in [0.25, 0.3) is 0 Å². The van der Waals surface area contributed by atoms with E-state index in [2.05, 4.69) is 30.0 Å². The smallest absolute Gasteiger partial charge is 0.136 e. The van der Waals surface area contributed by atoms with E-state index in [0.717, 1.165) is 48.5 Å². The van der Waals surface area contributed by atoms with Crippen molar-refractivity contribution in [2.75, 3.05) is 6.61 Å². The summed E-state index contributed by atoms with van der Waals surface area (Å²) in [4.78, 5) is 12.6. The van der Waals surface area contributed by atoms with Gasteiger partial charge >= 0.3 is 0 Å². The number of ketones is 1. The van der Waals surface area contributed by atoms with Gasteiger partial charge in [-0.05, 0) is 49.3 Å². The van der Waals surface area contributed by atoms with Crippen LogP contribution < -0.4 is 4.74 Å². The van der Waals surface area contributed by atoms with Crippen molar-refractivity contribution in [1.82, 2.24) is 0 Å². The van der Waals surface area contributed by atoms with Crippen LogP contribution in [0.5, 0.6) is 5.75 Å². The average molecular weight is 316 g/mol. The zero-order chi connectivity index (χ0) is 14.9. The molecule has 0 radical (unpaired) electrons. The predicted molar refractivity (Wildman–Crippen MR) is 90.7 cm³/mol. The Morgan fingerprint density at radius 1 is 1.23 bits per heavy atom. The lowest BCUT2D eigenvalue weighted by molar-refractivity contribution is -0.123. The monoisotopic (exact) mass is 316 g/mol. The molecule has 2 atom stereocenters. The van der Waals surface area contributed by atoms with E-state index in [-0.39, 0.29) is 0 Å². The van der Waals surface area contributed by atoms with Crippen LogP contribution in [0, 0.1) is 5.92 Å². The Bertz CT molecular complexity index is 557. The van der Waals surface area contributed by atoms with Crippen LogP contribution in [0.3, 0.4) is 0 Å². The number of benzene rings is 1. The summed E-state index contributed by atoms with van der Waals surface area (Å²) in [6.45, 7) is 0.806. The van der Waals surface area contributed by atoms with Crippen molar-refractivity contribution in [1.29, 1.82) is 0 Å². The highest BCUT2D eigenvalue weighted by molar-refractivity contribution is 8.00. The molecule has 1 aromatic rings. The van der Waals surface area contributed by atoms with Gasteiger partial charge in [0.2, 0.25) is 0 Å². The van der Waals surface area contributed by atoms with E-state index in [1.807, 2.05) is 0 Å². The number of Topliss-reactive ketones (excluding diaryl/α,β-unsaturated/α-hetero) is 1. The van der Waals surface area contributed by atoms with Crippen molar-refractivity contribution in [3.63, 3.8) is 0 Å². The Balaban J connectivity index is 1.34. The molecular weight excluding hydrogens is 292 g/mol. The van der Waals surface area contributed by atoms with E-state index < -0.39 is 0 Å². The molecule has 0 spiro atoms. The molecule has 4 rings (SSSR count). The number of hydrogen-bond acceptors (Lipinski definition) is 3. The fourth-order valence-corrected chi connectivity index (χ4v) is 6.03. The van der Waals surface area contributed by atoms with Crippen LogP contribution >= 0.6 is 11.8 Å². The molecule has 2 fully saturated rings. The minimum Gasteiger partial charge on any atom is -0.493 e. The Hall–Kier alpha value is -0.960. The number of carbonyl (C=O) groups excluding carboxylic acids is 1. The van der Waals surface area contributed by atoms with Gasteiger partial charge in [0, 0.05) is 29.3 Å². The molecule has 3 heteroatoms. The molecule has 0 amide bonds. The van der Waals surface area contributed by atoms with Gasteiger partial charge in [-0.25, -0.2) is 0 Å². The number of thioether (sulfide) groups is 1. The average Bonchev–Trinajstić information content (AvgIpc) is 2.99. The van der Waals surface area contributed by atoms with Gasteiger partial charge in [-0.15, -0.1) is 0 Å². The number of hydrogen-bond donors (Lipinski definition) is 0. The van der Waals surface area contributed by atoms with E-state index in [1.165, 1.54) is 30.4 Å². The first kappa shape index (κ1) is 14.6. The Morgan fingerprint density at radius 2 is 2.05 bits per heavy atom. The summed E-state index contributed by atoms with van der Waals surface area (Å²) < 4.78 is 5.55. The van der Waals surface area contributed by atoms with Crippen LogP contribution in [0.1, 0.15) is 49.7 Å². The second kappa shape index (κ2) is 6.27. The quantitative estimate of drug-likeness (QED) is 0.833. The lowest BCUT2D eigenvalue weighted by atomic mass is 9.85. The topological polar surface area (TPSA) is 26.3 Å². The molecule has 3 aliphatic heterocycles. The molecule has 2 unspecified atom stereocenters. The Kier molecular flexibility index (Phi) is 4.17. The summed E-state index contributed by atoms with van der Waals surface area (Å²) in [6.07, 6.45) is 8.93. The van der Waals surface area contributed by atoms with Gasteiger partial charge in [0.05, 0.1) is 6.61 Å². The molecular formula is C19H24O2S. The number of fused-ring (bicyclic) bond motifs is 3. The predicted octanol–water partition coefficient (Wildman–Crippen LogP) is 4.19. The van der Waals surface area contributed by atoms with E-state index >= 15 is 0 Å². The van der Waals surface area contributed by atoms with Crippen LogP contribution in [0.2, 0.25) is 0 Å². The van der Waals surface area contributed by atoms with Gasteiger partial charge in [0.25, 0.3) is 0 Å². The van der Waals surface area contributed by atoms with Gasteiger partial charge in [-0.3, -0.25) is 4.79 Å².